The lowest BCUT2D eigenvalue weighted by atomic mass is 10.0. The standard InChI is InChI=1S/C18H25N2O8P/c1-12-15(19-17(23)28-18(2,3)4)16(22)20(12)29(24,25)27-11-14(21)26-10-13-8-6-5-7-9-13/h5-9,12,15H,10-11H2,1-4H3,(H,19,23)(H,24,25)/t12-,15-/m0/s1. The summed E-state index contributed by atoms with van der Waals surface area (Å²) in [5.41, 5.74) is -0.00871. The van der Waals surface area contributed by atoms with Gasteiger partial charge in [-0.15, -0.1) is 0 Å². The number of ether oxygens (including phenoxy) is 2. The second-order valence-electron chi connectivity index (χ2n) is 7.46. The number of nitrogens with zero attached hydrogens (tertiary/aromatic N) is 1. The fourth-order valence-corrected chi connectivity index (χ4v) is 3.92. The molecule has 1 saturated heterocycles. The van der Waals surface area contributed by atoms with Crippen molar-refractivity contribution in [2.24, 2.45) is 0 Å². The first-order valence-electron chi connectivity index (χ1n) is 8.90. The number of carbonyl (C=O) groups is 3. The van der Waals surface area contributed by atoms with Crippen LogP contribution in [0.2, 0.25) is 0 Å². The van der Waals surface area contributed by atoms with Crippen molar-refractivity contribution in [2.45, 2.75) is 52.0 Å². The molecule has 0 saturated carbocycles. The van der Waals surface area contributed by atoms with Crippen LogP contribution in [-0.4, -0.2) is 51.8 Å². The van der Waals surface area contributed by atoms with Gasteiger partial charge in [0.05, 0.1) is 6.04 Å². The molecule has 1 unspecified atom stereocenters. The van der Waals surface area contributed by atoms with Crippen LogP contribution in [0, 0.1) is 0 Å². The number of nitrogens with one attached hydrogen (secondary N) is 1. The molecule has 1 fully saturated rings. The third kappa shape index (κ3) is 6.28. The van der Waals surface area contributed by atoms with Gasteiger partial charge in [0.2, 0.25) is 0 Å². The van der Waals surface area contributed by atoms with Crippen molar-refractivity contribution in [1.82, 2.24) is 9.99 Å². The highest BCUT2D eigenvalue weighted by Gasteiger charge is 2.54. The summed E-state index contributed by atoms with van der Waals surface area (Å²) in [6.45, 7) is 5.64. The highest BCUT2D eigenvalue weighted by molar-refractivity contribution is 7.51. The van der Waals surface area contributed by atoms with Gasteiger partial charge in [-0.3, -0.25) is 9.32 Å². The van der Waals surface area contributed by atoms with Crippen molar-refractivity contribution in [2.75, 3.05) is 6.61 Å². The van der Waals surface area contributed by atoms with Crippen LogP contribution in [0.4, 0.5) is 4.79 Å². The minimum Gasteiger partial charge on any atom is -0.459 e. The maximum Gasteiger partial charge on any atom is 0.435 e. The van der Waals surface area contributed by atoms with Crippen LogP contribution in [0.25, 0.3) is 0 Å². The zero-order valence-corrected chi connectivity index (χ0v) is 17.5. The molecule has 11 heteroatoms. The molecule has 1 aromatic rings. The fraction of sp³-hybridized carbons (Fsp3) is 0.500. The molecule has 1 aromatic carbocycles. The first-order valence-corrected chi connectivity index (χ1v) is 10.4. The van der Waals surface area contributed by atoms with Gasteiger partial charge in [-0.05, 0) is 33.3 Å². The van der Waals surface area contributed by atoms with Gasteiger partial charge < -0.3 is 19.7 Å². The largest absolute Gasteiger partial charge is 0.459 e. The van der Waals surface area contributed by atoms with Crippen LogP contribution >= 0.6 is 7.75 Å². The number of hydrogen-bond acceptors (Lipinski definition) is 7. The number of β-lactam (4-membered cyclic amide) rings is 1. The van der Waals surface area contributed by atoms with Gasteiger partial charge in [-0.25, -0.2) is 18.8 Å². The molecule has 0 spiro atoms. The molecule has 160 valence electrons. The summed E-state index contributed by atoms with van der Waals surface area (Å²) < 4.78 is 27.7. The Morgan fingerprint density at radius 1 is 1.24 bits per heavy atom. The van der Waals surface area contributed by atoms with Crippen LogP contribution in [0.3, 0.4) is 0 Å². The molecular weight excluding hydrogens is 403 g/mol. The Kier molecular flexibility index (Phi) is 7.05. The average Bonchev–Trinajstić information content (AvgIpc) is 2.62. The number of amides is 2. The predicted octanol–water partition coefficient (Wildman–Crippen LogP) is 1.97. The van der Waals surface area contributed by atoms with Crippen molar-refractivity contribution in [1.29, 1.82) is 0 Å². The summed E-state index contributed by atoms with van der Waals surface area (Å²) in [4.78, 5) is 45.8. The van der Waals surface area contributed by atoms with Crippen molar-refractivity contribution in [3.63, 3.8) is 0 Å². The lowest BCUT2D eigenvalue weighted by Crippen LogP contribution is -2.68. The summed E-state index contributed by atoms with van der Waals surface area (Å²) in [5.74, 6) is -1.67. The Balaban J connectivity index is 1.83. The van der Waals surface area contributed by atoms with E-state index in [1.54, 1.807) is 45.0 Å². The molecule has 2 N–H and O–H groups in total. The van der Waals surface area contributed by atoms with E-state index in [0.717, 1.165) is 5.56 Å². The number of hydrogen-bond donors (Lipinski definition) is 2. The number of benzene rings is 1. The normalized spacial score (nSPS) is 21.0. The van der Waals surface area contributed by atoms with Crippen LogP contribution in [0.15, 0.2) is 30.3 Å². The minimum atomic E-state index is -4.59. The molecule has 0 bridgehead atoms. The maximum absolute atomic E-state index is 12.3. The van der Waals surface area contributed by atoms with E-state index in [1.807, 2.05) is 6.07 Å². The number of rotatable bonds is 7. The van der Waals surface area contributed by atoms with Gasteiger partial charge in [0, 0.05) is 0 Å². The molecule has 3 atom stereocenters. The molecule has 1 heterocycles. The van der Waals surface area contributed by atoms with E-state index in [2.05, 4.69) is 5.32 Å². The first-order chi connectivity index (χ1) is 13.4. The second-order valence-corrected chi connectivity index (χ2v) is 9.13. The van der Waals surface area contributed by atoms with E-state index in [0.29, 0.717) is 4.67 Å². The average molecular weight is 428 g/mol. The molecular formula is C18H25N2O8P. The zero-order chi connectivity index (χ0) is 21.8. The Bertz CT molecular complexity index is 808. The molecule has 10 nitrogen and oxygen atoms in total. The predicted molar refractivity (Wildman–Crippen MR) is 101 cm³/mol. The number of alkyl carbamates (subject to hydrolysis) is 1. The number of carbonyl (C=O) groups excluding carboxylic acids is 3. The van der Waals surface area contributed by atoms with Crippen molar-refractivity contribution in [3.05, 3.63) is 35.9 Å². The van der Waals surface area contributed by atoms with Crippen molar-refractivity contribution >= 4 is 25.7 Å². The number of esters is 1. The minimum absolute atomic E-state index is 0.0142. The van der Waals surface area contributed by atoms with E-state index in [-0.39, 0.29) is 6.61 Å². The quantitative estimate of drug-likeness (QED) is 0.383. The van der Waals surface area contributed by atoms with Gasteiger partial charge in [-0.1, -0.05) is 30.3 Å². The SMILES string of the molecule is C[C@H]1[C@H](NC(=O)OC(C)(C)C)C(=O)N1P(=O)(O)OCC(=O)OCc1ccccc1. The van der Waals surface area contributed by atoms with Crippen molar-refractivity contribution < 1.29 is 37.8 Å². The molecule has 2 amide bonds. The van der Waals surface area contributed by atoms with Gasteiger partial charge in [0.25, 0.3) is 5.91 Å². The van der Waals surface area contributed by atoms with Gasteiger partial charge in [0.15, 0.2) is 6.61 Å². The molecule has 0 aliphatic carbocycles. The molecule has 29 heavy (non-hydrogen) atoms. The van der Waals surface area contributed by atoms with Gasteiger partial charge in [-0.2, -0.15) is 0 Å². The molecule has 0 radical (unpaired) electrons. The summed E-state index contributed by atoms with van der Waals surface area (Å²) in [5, 5.41) is 2.35. The second kappa shape index (κ2) is 8.94. The fourth-order valence-electron chi connectivity index (χ4n) is 2.56. The van der Waals surface area contributed by atoms with Crippen molar-refractivity contribution in [3.8, 4) is 0 Å². The third-order valence-corrected chi connectivity index (χ3v) is 5.47. The summed E-state index contributed by atoms with van der Waals surface area (Å²) in [6.07, 6.45) is -0.819. The molecule has 2 rings (SSSR count). The summed E-state index contributed by atoms with van der Waals surface area (Å²) in [7, 11) is -4.59. The maximum atomic E-state index is 12.3. The van der Waals surface area contributed by atoms with E-state index in [4.69, 9.17) is 14.0 Å². The van der Waals surface area contributed by atoms with Gasteiger partial charge >= 0.3 is 19.8 Å². The van der Waals surface area contributed by atoms with Crippen LogP contribution in [0.1, 0.15) is 33.3 Å². The Labute approximate surface area is 168 Å². The Hall–Kier alpha value is -2.42. The highest BCUT2D eigenvalue weighted by Crippen LogP contribution is 2.52. The monoisotopic (exact) mass is 428 g/mol. The van der Waals surface area contributed by atoms with E-state index in [1.165, 1.54) is 6.92 Å². The molecule has 1 aliphatic rings. The van der Waals surface area contributed by atoms with Crippen LogP contribution < -0.4 is 5.32 Å². The van der Waals surface area contributed by atoms with Crippen LogP contribution in [0.5, 0.6) is 0 Å². The Morgan fingerprint density at radius 2 is 1.86 bits per heavy atom. The third-order valence-electron chi connectivity index (χ3n) is 3.90. The topological polar surface area (TPSA) is 131 Å². The first kappa shape index (κ1) is 22.9. The van der Waals surface area contributed by atoms with E-state index < -0.39 is 50.0 Å². The van der Waals surface area contributed by atoms with E-state index in [9.17, 15) is 23.8 Å². The lowest BCUT2D eigenvalue weighted by Gasteiger charge is -2.45. The van der Waals surface area contributed by atoms with Gasteiger partial charge in [0.1, 0.15) is 18.2 Å². The summed E-state index contributed by atoms with van der Waals surface area (Å²) in [6, 6.07) is 7.02. The molecule has 0 aromatic heterocycles. The van der Waals surface area contributed by atoms with E-state index >= 15 is 0 Å². The summed E-state index contributed by atoms with van der Waals surface area (Å²) >= 11 is 0. The smallest absolute Gasteiger partial charge is 0.435 e. The lowest BCUT2D eigenvalue weighted by molar-refractivity contribution is -0.149. The highest BCUT2D eigenvalue weighted by atomic mass is 31.2. The Morgan fingerprint density at radius 3 is 2.41 bits per heavy atom. The zero-order valence-electron chi connectivity index (χ0n) is 16.7. The molecule has 1 aliphatic heterocycles. The van der Waals surface area contributed by atoms with Crippen LogP contribution in [-0.2, 0) is 34.8 Å².